The van der Waals surface area contributed by atoms with Crippen LogP contribution < -0.4 is 5.43 Å². The van der Waals surface area contributed by atoms with E-state index in [0.717, 1.165) is 33.3 Å². The van der Waals surface area contributed by atoms with Crippen LogP contribution in [0.4, 0.5) is 0 Å². The van der Waals surface area contributed by atoms with E-state index >= 15 is 0 Å². The second-order valence-electron chi connectivity index (χ2n) is 7.74. The number of hydrogen-bond acceptors (Lipinski definition) is 3. The first-order valence-corrected chi connectivity index (χ1v) is 10.7. The van der Waals surface area contributed by atoms with E-state index < -0.39 is 5.97 Å². The molecule has 166 valence electrons. The van der Waals surface area contributed by atoms with Crippen LogP contribution in [0.2, 0.25) is 5.02 Å². The van der Waals surface area contributed by atoms with Gasteiger partial charge in [-0.2, -0.15) is 5.10 Å². The molecule has 0 spiro atoms. The fourth-order valence-electron chi connectivity index (χ4n) is 3.96. The molecule has 4 rings (SSSR count). The Morgan fingerprint density at radius 2 is 1.82 bits per heavy atom. The maximum atomic E-state index is 12.5. The number of carboxylic acid groups (broad SMARTS) is 1. The van der Waals surface area contributed by atoms with Crippen molar-refractivity contribution in [3.63, 3.8) is 0 Å². The van der Waals surface area contributed by atoms with Gasteiger partial charge in [-0.05, 0) is 54.4 Å². The largest absolute Gasteiger partial charge is 0.478 e. The van der Waals surface area contributed by atoms with Gasteiger partial charge in [-0.3, -0.25) is 4.79 Å². The molecule has 4 aromatic rings. The Morgan fingerprint density at radius 3 is 2.61 bits per heavy atom. The lowest BCUT2D eigenvalue weighted by molar-refractivity contribution is -0.120. The molecule has 6 nitrogen and oxygen atoms in total. The monoisotopic (exact) mass is 459 g/mol. The number of nitrogens with zero attached hydrogens (tertiary/aromatic N) is 2. The maximum Gasteiger partial charge on any atom is 0.337 e. The van der Waals surface area contributed by atoms with Crippen molar-refractivity contribution in [2.24, 2.45) is 5.10 Å². The number of benzene rings is 3. The smallest absolute Gasteiger partial charge is 0.337 e. The van der Waals surface area contributed by atoms with Crippen molar-refractivity contribution in [3.8, 4) is 5.69 Å². The Balaban J connectivity index is 1.51. The Labute approximate surface area is 196 Å². The summed E-state index contributed by atoms with van der Waals surface area (Å²) in [5.41, 5.74) is 6.83. The average Bonchev–Trinajstić information content (AvgIpc) is 3.07. The highest BCUT2D eigenvalue weighted by atomic mass is 35.5. The first kappa shape index (κ1) is 22.3. The average molecular weight is 460 g/mol. The number of fused-ring (bicyclic) bond motifs is 1. The van der Waals surface area contributed by atoms with Crippen LogP contribution in [0.25, 0.3) is 16.5 Å². The van der Waals surface area contributed by atoms with Crippen LogP contribution in [0.15, 0.2) is 71.8 Å². The van der Waals surface area contributed by atoms with E-state index in [4.69, 9.17) is 11.6 Å². The van der Waals surface area contributed by atoms with Crippen molar-refractivity contribution < 1.29 is 14.7 Å². The SMILES string of the molecule is Cc1cc(/C=N/NC(=O)Cc2cccc3ccccc23)c(C)n1-c1ccc(Cl)c(C(=O)O)c1. The van der Waals surface area contributed by atoms with Gasteiger partial charge >= 0.3 is 5.97 Å². The minimum atomic E-state index is -1.08. The minimum Gasteiger partial charge on any atom is -0.478 e. The molecular formula is C26H22ClN3O3. The normalized spacial score (nSPS) is 11.2. The zero-order valence-electron chi connectivity index (χ0n) is 18.2. The number of carbonyl (C=O) groups excluding carboxylic acids is 1. The Kier molecular flexibility index (Phi) is 6.29. The van der Waals surface area contributed by atoms with Crippen LogP contribution in [0.1, 0.15) is 32.9 Å². The van der Waals surface area contributed by atoms with Gasteiger partial charge < -0.3 is 9.67 Å². The van der Waals surface area contributed by atoms with E-state index in [9.17, 15) is 14.7 Å². The van der Waals surface area contributed by atoms with Gasteiger partial charge in [0.25, 0.3) is 0 Å². The van der Waals surface area contributed by atoms with Gasteiger partial charge in [0.05, 0.1) is 23.2 Å². The topological polar surface area (TPSA) is 83.7 Å². The molecule has 1 heterocycles. The maximum absolute atomic E-state index is 12.5. The molecule has 0 aliphatic heterocycles. The van der Waals surface area contributed by atoms with Crippen LogP contribution in [0.5, 0.6) is 0 Å². The number of carbonyl (C=O) groups is 2. The number of halogens is 1. The summed E-state index contributed by atoms with van der Waals surface area (Å²) in [5, 5.41) is 15.8. The van der Waals surface area contributed by atoms with Crippen molar-refractivity contribution in [1.82, 2.24) is 9.99 Å². The highest BCUT2D eigenvalue weighted by Gasteiger charge is 2.14. The van der Waals surface area contributed by atoms with Gasteiger partial charge in [-0.15, -0.1) is 0 Å². The fourth-order valence-corrected chi connectivity index (χ4v) is 4.16. The molecule has 0 unspecified atom stereocenters. The minimum absolute atomic E-state index is 0.0394. The predicted octanol–water partition coefficient (Wildman–Crippen LogP) is 5.29. The highest BCUT2D eigenvalue weighted by Crippen LogP contribution is 2.24. The van der Waals surface area contributed by atoms with Crippen molar-refractivity contribution in [2.45, 2.75) is 20.3 Å². The Hall–Kier alpha value is -3.90. The van der Waals surface area contributed by atoms with E-state index in [1.807, 2.05) is 66.9 Å². The molecule has 0 saturated heterocycles. The molecule has 2 N–H and O–H groups in total. The Bertz CT molecular complexity index is 1400. The molecule has 0 atom stereocenters. The quantitative estimate of drug-likeness (QED) is 0.303. The third kappa shape index (κ3) is 4.66. The standard InChI is InChI=1S/C26H22ClN3O3/c1-16-12-20(17(2)30(16)21-10-11-24(27)23(14-21)26(32)33)15-28-29-25(31)13-19-8-5-7-18-6-3-4-9-22(18)19/h3-12,14-15H,13H2,1-2H3,(H,29,31)(H,32,33)/b28-15+. The molecule has 0 saturated carbocycles. The Morgan fingerprint density at radius 1 is 1.06 bits per heavy atom. The summed E-state index contributed by atoms with van der Waals surface area (Å²) in [6.45, 7) is 3.82. The molecule has 0 fully saturated rings. The number of carboxylic acids is 1. The van der Waals surface area contributed by atoms with Gasteiger partial charge in [0.15, 0.2) is 0 Å². The zero-order chi connectivity index (χ0) is 23.5. The molecule has 0 aliphatic rings. The summed E-state index contributed by atoms with van der Waals surface area (Å²) in [5.74, 6) is -1.29. The molecular weight excluding hydrogens is 438 g/mol. The molecule has 1 amide bonds. The van der Waals surface area contributed by atoms with Gasteiger partial charge in [0, 0.05) is 22.6 Å². The van der Waals surface area contributed by atoms with E-state index in [2.05, 4.69) is 10.5 Å². The van der Waals surface area contributed by atoms with E-state index in [-0.39, 0.29) is 22.9 Å². The number of hydrazone groups is 1. The molecule has 7 heteroatoms. The number of amides is 1. The second kappa shape index (κ2) is 9.30. The number of aromatic carboxylic acids is 1. The van der Waals surface area contributed by atoms with Crippen LogP contribution in [-0.2, 0) is 11.2 Å². The van der Waals surface area contributed by atoms with Gasteiger partial charge in [0.2, 0.25) is 5.91 Å². The second-order valence-corrected chi connectivity index (χ2v) is 8.15. The number of aryl methyl sites for hydroxylation is 1. The van der Waals surface area contributed by atoms with Gasteiger partial charge in [-0.25, -0.2) is 10.2 Å². The number of hydrogen-bond donors (Lipinski definition) is 2. The van der Waals surface area contributed by atoms with Gasteiger partial charge in [0.1, 0.15) is 0 Å². The summed E-state index contributed by atoms with van der Waals surface area (Å²) < 4.78 is 1.92. The summed E-state index contributed by atoms with van der Waals surface area (Å²) >= 11 is 6.00. The van der Waals surface area contributed by atoms with E-state index in [1.165, 1.54) is 6.07 Å². The van der Waals surface area contributed by atoms with E-state index in [1.54, 1.807) is 18.3 Å². The number of nitrogens with one attached hydrogen (secondary N) is 1. The molecule has 0 bridgehead atoms. The molecule has 0 aliphatic carbocycles. The van der Waals surface area contributed by atoms with Crippen molar-refractivity contribution in [1.29, 1.82) is 0 Å². The van der Waals surface area contributed by atoms with E-state index in [0.29, 0.717) is 5.69 Å². The lowest BCUT2D eigenvalue weighted by atomic mass is 10.0. The number of rotatable bonds is 6. The van der Waals surface area contributed by atoms with Crippen LogP contribution in [0.3, 0.4) is 0 Å². The summed E-state index contributed by atoms with van der Waals surface area (Å²) in [6.07, 6.45) is 1.81. The van der Waals surface area contributed by atoms with Crippen LogP contribution in [-0.4, -0.2) is 27.8 Å². The van der Waals surface area contributed by atoms with Crippen LogP contribution >= 0.6 is 11.6 Å². The van der Waals surface area contributed by atoms with Crippen LogP contribution in [0, 0.1) is 13.8 Å². The third-order valence-electron chi connectivity index (χ3n) is 5.53. The van der Waals surface area contributed by atoms with Gasteiger partial charge in [-0.1, -0.05) is 54.1 Å². The summed E-state index contributed by atoms with van der Waals surface area (Å²) in [4.78, 5) is 23.9. The lowest BCUT2D eigenvalue weighted by Gasteiger charge is -2.11. The number of aromatic nitrogens is 1. The highest BCUT2D eigenvalue weighted by molar-refractivity contribution is 6.33. The molecule has 0 radical (unpaired) electrons. The molecule has 3 aromatic carbocycles. The third-order valence-corrected chi connectivity index (χ3v) is 5.86. The first-order valence-electron chi connectivity index (χ1n) is 10.4. The van der Waals surface area contributed by atoms with Crippen molar-refractivity contribution in [2.75, 3.05) is 0 Å². The zero-order valence-corrected chi connectivity index (χ0v) is 18.9. The lowest BCUT2D eigenvalue weighted by Crippen LogP contribution is -2.19. The van der Waals surface area contributed by atoms with Crippen molar-refractivity contribution >= 4 is 40.5 Å². The summed E-state index contributed by atoms with van der Waals surface area (Å²) in [6, 6.07) is 20.6. The summed E-state index contributed by atoms with van der Waals surface area (Å²) in [7, 11) is 0. The molecule has 1 aromatic heterocycles. The van der Waals surface area contributed by atoms with Crippen molar-refractivity contribution in [3.05, 3.63) is 99.8 Å². The molecule has 33 heavy (non-hydrogen) atoms. The fraction of sp³-hybridized carbons (Fsp3) is 0.115. The first-order chi connectivity index (χ1) is 15.8. The predicted molar refractivity (Wildman–Crippen MR) is 131 cm³/mol.